The van der Waals surface area contributed by atoms with Crippen LogP contribution in [-0.4, -0.2) is 36.5 Å². The molecule has 0 amide bonds. The van der Waals surface area contributed by atoms with Crippen LogP contribution in [0.15, 0.2) is 0 Å². The maximum Gasteiger partial charge on any atom is 0.460 e. The van der Waals surface area contributed by atoms with E-state index in [1.165, 1.54) is 6.92 Å². The highest BCUT2D eigenvalue weighted by atomic mass is 19.4. The lowest BCUT2D eigenvalue weighted by molar-refractivity contribution is -0.403. The van der Waals surface area contributed by atoms with Crippen LogP contribution < -0.4 is 5.32 Å². The normalized spacial score (nSPS) is 17.5. The molecular weight excluding hydrogens is 343 g/mol. The van der Waals surface area contributed by atoms with Crippen molar-refractivity contribution >= 4 is 0 Å². The predicted octanol–water partition coefficient (Wildman–Crippen LogP) is 4.83. The monoisotopic (exact) mass is 355 g/mol. The van der Waals surface area contributed by atoms with Gasteiger partial charge in [-0.1, -0.05) is 19.8 Å². The van der Waals surface area contributed by atoms with Gasteiger partial charge in [0.2, 0.25) is 0 Å². The van der Waals surface area contributed by atoms with Gasteiger partial charge >= 0.3 is 24.1 Å². The number of unbranched alkanes of at least 4 members (excludes halogenated alkanes) is 1. The quantitative estimate of drug-likeness (QED) is 0.486. The molecule has 0 saturated carbocycles. The molecule has 0 fully saturated rings. The molecule has 1 N–H and O–H groups in total. The summed E-state index contributed by atoms with van der Waals surface area (Å²) in [6, 6.07) is -6.33. The molecule has 0 bridgehead atoms. The van der Waals surface area contributed by atoms with Crippen molar-refractivity contribution in [2.45, 2.75) is 62.7 Å². The molecule has 0 aliphatic carbocycles. The van der Waals surface area contributed by atoms with Crippen molar-refractivity contribution in [3.05, 3.63) is 0 Å². The molecule has 0 saturated heterocycles. The zero-order valence-corrected chi connectivity index (χ0v) is 10.9. The van der Waals surface area contributed by atoms with E-state index in [4.69, 9.17) is 0 Å². The third kappa shape index (κ3) is 4.13. The van der Waals surface area contributed by atoms with Gasteiger partial charge in [-0.15, -0.1) is 0 Å². The summed E-state index contributed by atoms with van der Waals surface area (Å²) in [6.45, 7) is 1.50. The summed E-state index contributed by atoms with van der Waals surface area (Å²) >= 11 is 0. The molecular formula is C10H12F11N. The van der Waals surface area contributed by atoms with Gasteiger partial charge in [-0.3, -0.25) is 0 Å². The van der Waals surface area contributed by atoms with Crippen molar-refractivity contribution in [2.24, 2.45) is 0 Å². The van der Waals surface area contributed by atoms with Crippen LogP contribution in [0.2, 0.25) is 0 Å². The molecule has 0 aromatic rings. The van der Waals surface area contributed by atoms with E-state index in [0.717, 1.165) is 0 Å². The lowest BCUT2D eigenvalue weighted by Crippen LogP contribution is -2.67. The maximum atomic E-state index is 13.0. The van der Waals surface area contributed by atoms with E-state index in [1.54, 1.807) is 0 Å². The second kappa shape index (κ2) is 6.75. The Morgan fingerprint density at radius 1 is 0.818 bits per heavy atom. The molecule has 2 atom stereocenters. The van der Waals surface area contributed by atoms with Gasteiger partial charge in [0.25, 0.3) is 0 Å². The molecule has 0 aromatic heterocycles. The fourth-order valence-corrected chi connectivity index (χ4v) is 1.27. The number of rotatable bonds is 8. The lowest BCUT2D eigenvalue weighted by Gasteiger charge is -2.34. The van der Waals surface area contributed by atoms with E-state index in [2.05, 4.69) is 0 Å². The van der Waals surface area contributed by atoms with Crippen LogP contribution in [-0.2, 0) is 0 Å². The molecule has 0 aliphatic rings. The highest BCUT2D eigenvalue weighted by Gasteiger charge is 2.82. The van der Waals surface area contributed by atoms with Gasteiger partial charge in [0.15, 0.2) is 6.30 Å². The second-order valence-electron chi connectivity index (χ2n) is 4.43. The van der Waals surface area contributed by atoms with Crippen LogP contribution in [0.25, 0.3) is 0 Å². The van der Waals surface area contributed by atoms with Gasteiger partial charge in [-0.25, -0.2) is 14.1 Å². The Morgan fingerprint density at radius 2 is 1.27 bits per heavy atom. The molecule has 0 spiro atoms. The van der Waals surface area contributed by atoms with Crippen LogP contribution in [0.1, 0.15) is 26.2 Å². The summed E-state index contributed by atoms with van der Waals surface area (Å²) in [5.74, 6) is -14.2. The Kier molecular flexibility index (Phi) is 6.50. The van der Waals surface area contributed by atoms with E-state index >= 15 is 0 Å². The minimum atomic E-state index is -7.15. The Morgan fingerprint density at radius 3 is 1.64 bits per heavy atom. The first kappa shape index (κ1) is 21.2. The Hall–Kier alpha value is -0.810. The second-order valence-corrected chi connectivity index (χ2v) is 4.43. The molecule has 1 nitrogen and oxygen atoms in total. The van der Waals surface area contributed by atoms with Crippen molar-refractivity contribution in [3.8, 4) is 0 Å². The number of halogens is 11. The first-order valence-corrected chi connectivity index (χ1v) is 5.87. The molecule has 0 aromatic carbocycles. The SMILES string of the molecule is CCCCC(F)C(F)NC(F)(F)C(F)(F)C(F)(F)C(F)(F)F. The standard InChI is InChI=1S/C10H12F11N/c1-2-3-4-5(11)6(12)22-10(20,21)8(15,16)7(13,14)9(17,18)19/h5-6,22H,2-4H2,1H3. The topological polar surface area (TPSA) is 12.0 Å². The van der Waals surface area contributed by atoms with Crippen molar-refractivity contribution in [3.63, 3.8) is 0 Å². The first-order chi connectivity index (χ1) is 9.62. The van der Waals surface area contributed by atoms with E-state index in [9.17, 15) is 48.3 Å². The van der Waals surface area contributed by atoms with Crippen LogP contribution >= 0.6 is 0 Å². The minimum absolute atomic E-state index is 0.0378. The molecule has 0 rings (SSSR count). The number of hydrogen-bond acceptors (Lipinski definition) is 1. The third-order valence-electron chi connectivity index (χ3n) is 2.61. The summed E-state index contributed by atoms with van der Waals surface area (Å²) in [4.78, 5) is 0. The zero-order chi connectivity index (χ0) is 18.0. The number of nitrogens with one attached hydrogen (secondary N) is 1. The van der Waals surface area contributed by atoms with Gasteiger partial charge in [0.05, 0.1) is 0 Å². The maximum absolute atomic E-state index is 13.0. The van der Waals surface area contributed by atoms with E-state index in [1.807, 2.05) is 0 Å². The van der Waals surface area contributed by atoms with Crippen molar-refractivity contribution in [1.82, 2.24) is 5.32 Å². The predicted molar refractivity (Wildman–Crippen MR) is 53.3 cm³/mol. The number of hydrogen-bond donors (Lipinski definition) is 1. The highest BCUT2D eigenvalue weighted by Crippen LogP contribution is 2.52. The van der Waals surface area contributed by atoms with Crippen molar-refractivity contribution in [2.75, 3.05) is 0 Å². The van der Waals surface area contributed by atoms with Crippen molar-refractivity contribution in [1.29, 1.82) is 0 Å². The van der Waals surface area contributed by atoms with Crippen LogP contribution in [0.3, 0.4) is 0 Å². The molecule has 12 heteroatoms. The fourth-order valence-electron chi connectivity index (χ4n) is 1.27. The van der Waals surface area contributed by atoms with E-state index < -0.39 is 43.0 Å². The van der Waals surface area contributed by atoms with Crippen LogP contribution in [0.5, 0.6) is 0 Å². The Balaban J connectivity index is 5.21. The average molecular weight is 355 g/mol. The minimum Gasteiger partial charge on any atom is -0.243 e. The van der Waals surface area contributed by atoms with Crippen LogP contribution in [0, 0.1) is 0 Å². The summed E-state index contributed by atoms with van der Waals surface area (Å²) in [5.41, 5.74) is 0. The fraction of sp³-hybridized carbons (Fsp3) is 1.00. The molecule has 134 valence electrons. The third-order valence-corrected chi connectivity index (χ3v) is 2.61. The summed E-state index contributed by atoms with van der Waals surface area (Å²) in [5, 5.41) is -0.122. The van der Waals surface area contributed by atoms with Gasteiger partial charge < -0.3 is 0 Å². The molecule has 0 radical (unpaired) electrons. The van der Waals surface area contributed by atoms with Crippen molar-refractivity contribution < 1.29 is 48.3 Å². The van der Waals surface area contributed by atoms with Gasteiger partial charge in [0.1, 0.15) is 6.17 Å². The highest BCUT2D eigenvalue weighted by molar-refractivity contribution is 4.99. The zero-order valence-electron chi connectivity index (χ0n) is 10.9. The number of alkyl halides is 11. The molecule has 0 aliphatic heterocycles. The average Bonchev–Trinajstić information content (AvgIpc) is 2.33. The van der Waals surface area contributed by atoms with E-state index in [-0.39, 0.29) is 18.2 Å². The van der Waals surface area contributed by atoms with Gasteiger partial charge in [-0.2, -0.15) is 39.5 Å². The summed E-state index contributed by atoms with van der Waals surface area (Å²) < 4.78 is 138. The summed E-state index contributed by atoms with van der Waals surface area (Å²) in [7, 11) is 0. The Labute approximate surface area is 117 Å². The summed E-state index contributed by atoms with van der Waals surface area (Å²) in [6.07, 6.45) is -13.8. The lowest BCUT2D eigenvalue weighted by atomic mass is 10.1. The molecule has 2 unspecified atom stereocenters. The van der Waals surface area contributed by atoms with Gasteiger partial charge in [0, 0.05) is 0 Å². The van der Waals surface area contributed by atoms with Crippen LogP contribution in [0.4, 0.5) is 48.3 Å². The molecule has 22 heavy (non-hydrogen) atoms. The van der Waals surface area contributed by atoms with Gasteiger partial charge in [-0.05, 0) is 6.42 Å². The molecule has 0 heterocycles. The largest absolute Gasteiger partial charge is 0.460 e. The van der Waals surface area contributed by atoms with E-state index in [0.29, 0.717) is 0 Å². The smallest absolute Gasteiger partial charge is 0.243 e. The Bertz CT molecular complexity index is 351. The first-order valence-electron chi connectivity index (χ1n) is 5.87.